The lowest BCUT2D eigenvalue weighted by molar-refractivity contribution is -0.114. The zero-order valence-electron chi connectivity index (χ0n) is 16.4. The number of carbonyl (C=O) groups excluding carboxylic acids is 1. The lowest BCUT2D eigenvalue weighted by Crippen LogP contribution is -2.39. The molecule has 0 unspecified atom stereocenters. The molecule has 1 aliphatic rings. The van der Waals surface area contributed by atoms with Gasteiger partial charge >= 0.3 is 0 Å². The van der Waals surface area contributed by atoms with Crippen molar-refractivity contribution in [3.05, 3.63) is 48.3 Å². The van der Waals surface area contributed by atoms with Crippen LogP contribution in [-0.2, 0) is 21.9 Å². The fourth-order valence-electron chi connectivity index (χ4n) is 3.89. The number of sulfonamides is 1. The van der Waals surface area contributed by atoms with E-state index in [-0.39, 0.29) is 16.7 Å². The molecule has 1 N–H and O–H groups in total. The smallest absolute Gasteiger partial charge is 0.243 e. The molecule has 8 nitrogen and oxygen atoms in total. The normalized spacial score (nSPS) is 18.1. The van der Waals surface area contributed by atoms with Crippen LogP contribution in [0.3, 0.4) is 0 Å². The lowest BCUT2D eigenvalue weighted by atomic mass is 9.94. The van der Waals surface area contributed by atoms with Crippen LogP contribution in [0.5, 0.6) is 0 Å². The van der Waals surface area contributed by atoms with Gasteiger partial charge < -0.3 is 5.32 Å². The minimum atomic E-state index is -3.68. The molecule has 9 heteroatoms. The first-order chi connectivity index (χ1) is 13.9. The quantitative estimate of drug-likeness (QED) is 0.709. The fourth-order valence-corrected chi connectivity index (χ4v) is 5.46. The standard InChI is InChI=1S/C20H23N5O3S/c1-14(26)22-16-7-3-8-17(12-16)29(27,28)25-11-5-6-15(13-25)19-18-9-4-10-21-20(18)24(2)23-19/h3-4,7-10,12,15H,5-6,11,13H2,1-2H3,(H,22,26)/t15-/m0/s1. The third kappa shape index (κ3) is 3.75. The number of pyridine rings is 1. The molecule has 0 spiro atoms. The zero-order chi connectivity index (χ0) is 20.6. The van der Waals surface area contributed by atoms with Crippen LogP contribution in [0.2, 0.25) is 0 Å². The number of carbonyl (C=O) groups is 1. The van der Waals surface area contributed by atoms with E-state index in [1.165, 1.54) is 17.3 Å². The van der Waals surface area contributed by atoms with Crippen LogP contribution in [0.15, 0.2) is 47.5 Å². The molecule has 1 saturated heterocycles. The molecule has 0 radical (unpaired) electrons. The van der Waals surface area contributed by atoms with Crippen LogP contribution in [0.1, 0.15) is 31.4 Å². The van der Waals surface area contributed by atoms with Crippen molar-refractivity contribution < 1.29 is 13.2 Å². The van der Waals surface area contributed by atoms with Crippen molar-refractivity contribution in [2.24, 2.45) is 7.05 Å². The molecule has 3 heterocycles. The van der Waals surface area contributed by atoms with Gasteiger partial charge in [-0.05, 0) is 43.2 Å². The molecule has 3 aromatic rings. The summed E-state index contributed by atoms with van der Waals surface area (Å²) in [6.45, 7) is 2.22. The third-order valence-electron chi connectivity index (χ3n) is 5.19. The molecular weight excluding hydrogens is 390 g/mol. The van der Waals surface area contributed by atoms with Crippen LogP contribution >= 0.6 is 0 Å². The first-order valence-corrected chi connectivity index (χ1v) is 11.0. The van der Waals surface area contributed by atoms with Crippen molar-refractivity contribution in [2.45, 2.75) is 30.6 Å². The molecule has 1 aliphatic heterocycles. The summed E-state index contributed by atoms with van der Waals surface area (Å²) in [6, 6.07) is 10.2. The summed E-state index contributed by atoms with van der Waals surface area (Å²) in [4.78, 5) is 15.9. The summed E-state index contributed by atoms with van der Waals surface area (Å²) >= 11 is 0. The maximum atomic E-state index is 13.2. The highest BCUT2D eigenvalue weighted by molar-refractivity contribution is 7.89. The van der Waals surface area contributed by atoms with Crippen LogP contribution in [0.25, 0.3) is 11.0 Å². The molecule has 1 fully saturated rings. The number of nitrogens with one attached hydrogen (secondary N) is 1. The Morgan fingerprint density at radius 3 is 2.86 bits per heavy atom. The van der Waals surface area contributed by atoms with Gasteiger partial charge in [0.25, 0.3) is 0 Å². The van der Waals surface area contributed by atoms with E-state index in [4.69, 9.17) is 0 Å². The van der Waals surface area contributed by atoms with E-state index in [2.05, 4.69) is 15.4 Å². The molecule has 4 rings (SSSR count). The Labute approximate surface area is 169 Å². The Morgan fingerprint density at radius 1 is 1.24 bits per heavy atom. The zero-order valence-corrected chi connectivity index (χ0v) is 17.2. The molecule has 1 aromatic carbocycles. The first kappa shape index (κ1) is 19.5. The number of fused-ring (bicyclic) bond motifs is 1. The molecule has 2 aromatic heterocycles. The highest BCUT2D eigenvalue weighted by Crippen LogP contribution is 2.33. The van der Waals surface area contributed by atoms with Gasteiger partial charge in [0, 0.05) is 50.2 Å². The molecule has 0 aliphatic carbocycles. The monoisotopic (exact) mass is 413 g/mol. The summed E-state index contributed by atoms with van der Waals surface area (Å²) in [6.07, 6.45) is 3.36. The third-order valence-corrected chi connectivity index (χ3v) is 7.05. The van der Waals surface area contributed by atoms with Crippen molar-refractivity contribution in [1.29, 1.82) is 0 Å². The van der Waals surface area contributed by atoms with E-state index in [0.717, 1.165) is 29.6 Å². The predicted octanol–water partition coefficient (Wildman–Crippen LogP) is 2.50. The Morgan fingerprint density at radius 2 is 2.07 bits per heavy atom. The Hall–Kier alpha value is -2.78. The van der Waals surface area contributed by atoms with Gasteiger partial charge in [-0.25, -0.2) is 13.4 Å². The van der Waals surface area contributed by atoms with Crippen molar-refractivity contribution in [2.75, 3.05) is 18.4 Å². The number of aryl methyl sites for hydroxylation is 1. The number of nitrogens with zero attached hydrogens (tertiary/aromatic N) is 4. The van der Waals surface area contributed by atoms with Gasteiger partial charge in [-0.3, -0.25) is 9.48 Å². The van der Waals surface area contributed by atoms with E-state index in [1.54, 1.807) is 29.1 Å². The van der Waals surface area contributed by atoms with E-state index >= 15 is 0 Å². The highest BCUT2D eigenvalue weighted by Gasteiger charge is 2.33. The maximum Gasteiger partial charge on any atom is 0.243 e. The van der Waals surface area contributed by atoms with Gasteiger partial charge in [0.2, 0.25) is 15.9 Å². The second-order valence-corrected chi connectivity index (χ2v) is 9.23. The number of hydrogen-bond acceptors (Lipinski definition) is 5. The average molecular weight is 414 g/mol. The number of benzene rings is 1. The summed E-state index contributed by atoms with van der Waals surface area (Å²) in [5.41, 5.74) is 2.15. The van der Waals surface area contributed by atoms with Gasteiger partial charge in [0.1, 0.15) is 0 Å². The predicted molar refractivity (Wildman–Crippen MR) is 110 cm³/mol. The summed E-state index contributed by atoms with van der Waals surface area (Å²) in [5, 5.41) is 8.24. The lowest BCUT2D eigenvalue weighted by Gasteiger charge is -2.31. The Kier molecular flexibility index (Phi) is 5.10. The van der Waals surface area contributed by atoms with Gasteiger partial charge in [0.15, 0.2) is 5.65 Å². The molecule has 29 heavy (non-hydrogen) atoms. The van der Waals surface area contributed by atoms with Crippen molar-refractivity contribution in [1.82, 2.24) is 19.1 Å². The second kappa shape index (κ2) is 7.57. The maximum absolute atomic E-state index is 13.2. The van der Waals surface area contributed by atoms with Gasteiger partial charge in [0.05, 0.1) is 10.6 Å². The fraction of sp³-hybridized carbons (Fsp3) is 0.350. The summed E-state index contributed by atoms with van der Waals surface area (Å²) in [5.74, 6) is -0.238. The molecule has 0 saturated carbocycles. The second-order valence-electron chi connectivity index (χ2n) is 7.29. The van der Waals surface area contributed by atoms with Gasteiger partial charge in [-0.1, -0.05) is 6.07 Å². The first-order valence-electron chi connectivity index (χ1n) is 9.51. The molecule has 1 atom stereocenters. The number of piperidine rings is 1. The minimum absolute atomic E-state index is 0.00459. The number of rotatable bonds is 4. The topological polar surface area (TPSA) is 97.2 Å². The molecule has 152 valence electrons. The number of anilines is 1. The molecule has 0 bridgehead atoms. The minimum Gasteiger partial charge on any atom is -0.326 e. The SMILES string of the molecule is CC(=O)Nc1cccc(S(=O)(=O)N2CCC[C@H](c3nn(C)c4ncccc34)C2)c1. The van der Waals surface area contributed by atoms with Crippen molar-refractivity contribution in [3.63, 3.8) is 0 Å². The van der Waals surface area contributed by atoms with E-state index in [9.17, 15) is 13.2 Å². The largest absolute Gasteiger partial charge is 0.326 e. The van der Waals surface area contributed by atoms with E-state index < -0.39 is 10.0 Å². The van der Waals surface area contributed by atoms with Crippen molar-refractivity contribution in [3.8, 4) is 0 Å². The summed E-state index contributed by atoms with van der Waals surface area (Å²) < 4.78 is 29.8. The summed E-state index contributed by atoms with van der Waals surface area (Å²) in [7, 11) is -1.83. The van der Waals surface area contributed by atoms with E-state index in [0.29, 0.717) is 18.8 Å². The van der Waals surface area contributed by atoms with Crippen LogP contribution < -0.4 is 5.32 Å². The molecular formula is C20H23N5O3S. The number of aromatic nitrogens is 3. The van der Waals surface area contributed by atoms with Crippen LogP contribution in [0, 0.1) is 0 Å². The van der Waals surface area contributed by atoms with Crippen molar-refractivity contribution >= 4 is 32.7 Å². The highest BCUT2D eigenvalue weighted by atomic mass is 32.2. The number of hydrogen-bond donors (Lipinski definition) is 1. The molecule has 1 amide bonds. The number of amides is 1. The van der Waals surface area contributed by atoms with Crippen LogP contribution in [0.4, 0.5) is 5.69 Å². The Bertz CT molecular complexity index is 1170. The Balaban J connectivity index is 1.63. The van der Waals surface area contributed by atoms with Gasteiger partial charge in [-0.15, -0.1) is 0 Å². The van der Waals surface area contributed by atoms with E-state index in [1.807, 2.05) is 19.2 Å². The van der Waals surface area contributed by atoms with Gasteiger partial charge in [-0.2, -0.15) is 9.40 Å². The average Bonchev–Trinajstić information content (AvgIpc) is 3.05. The van der Waals surface area contributed by atoms with Crippen LogP contribution in [-0.4, -0.2) is 46.5 Å².